The van der Waals surface area contributed by atoms with Gasteiger partial charge in [-0.1, -0.05) is 6.07 Å². The number of nitrogens with one attached hydrogen (secondary N) is 1. The number of anilines is 1. The van der Waals surface area contributed by atoms with Gasteiger partial charge < -0.3 is 14.4 Å². The first-order valence-electron chi connectivity index (χ1n) is 13.4. The van der Waals surface area contributed by atoms with Crippen LogP contribution in [0.3, 0.4) is 0 Å². The highest BCUT2D eigenvalue weighted by Gasteiger charge is 2.26. The lowest BCUT2D eigenvalue weighted by molar-refractivity contribution is 0.0342. The molecule has 1 aliphatic carbocycles. The van der Waals surface area contributed by atoms with Crippen molar-refractivity contribution in [2.24, 2.45) is 7.05 Å². The molecule has 204 valence electrons. The van der Waals surface area contributed by atoms with Crippen LogP contribution in [-0.4, -0.2) is 72.6 Å². The van der Waals surface area contributed by atoms with Crippen LogP contribution < -0.4 is 5.32 Å². The average Bonchev–Trinajstić information content (AvgIpc) is 3.52. The van der Waals surface area contributed by atoms with E-state index in [9.17, 15) is 14.3 Å². The second-order valence-corrected chi connectivity index (χ2v) is 10.4. The Labute approximate surface area is 225 Å². The minimum atomic E-state index is -0.746. The molecule has 0 atom stereocenters. The van der Waals surface area contributed by atoms with Crippen LogP contribution in [0.1, 0.15) is 47.6 Å². The van der Waals surface area contributed by atoms with Crippen LogP contribution in [0.2, 0.25) is 0 Å². The highest BCUT2D eigenvalue weighted by molar-refractivity contribution is 6.04. The zero-order valence-corrected chi connectivity index (χ0v) is 21.9. The number of aryl methyl sites for hydroxylation is 1. The Morgan fingerprint density at radius 2 is 1.92 bits per heavy atom. The molecule has 0 radical (unpaired) electrons. The summed E-state index contributed by atoms with van der Waals surface area (Å²) in [6.45, 7) is 4.05. The van der Waals surface area contributed by atoms with Crippen LogP contribution >= 0.6 is 0 Å². The van der Waals surface area contributed by atoms with Crippen molar-refractivity contribution in [1.29, 1.82) is 0 Å². The van der Waals surface area contributed by atoms with Gasteiger partial charge in [-0.2, -0.15) is 9.49 Å². The fourth-order valence-corrected chi connectivity index (χ4v) is 5.54. The third kappa shape index (κ3) is 5.56. The number of pyridine rings is 1. The molecule has 39 heavy (non-hydrogen) atoms. The molecule has 4 heterocycles. The van der Waals surface area contributed by atoms with Gasteiger partial charge in [0.2, 0.25) is 11.9 Å². The summed E-state index contributed by atoms with van der Waals surface area (Å²) in [5.41, 5.74) is 3.95. The molecule has 10 nitrogen and oxygen atoms in total. The number of carbonyl (C=O) groups excluding carboxylic acids is 1. The number of ether oxygens (including phenoxy) is 1. The van der Waals surface area contributed by atoms with Crippen LogP contribution in [0.5, 0.6) is 0 Å². The Morgan fingerprint density at radius 1 is 1.13 bits per heavy atom. The minimum absolute atomic E-state index is 0.0823. The Kier molecular flexibility index (Phi) is 7.11. The van der Waals surface area contributed by atoms with Gasteiger partial charge in [0.05, 0.1) is 42.2 Å². The number of halogens is 1. The van der Waals surface area contributed by atoms with Crippen LogP contribution in [-0.2, 0) is 18.3 Å². The quantitative estimate of drug-likeness (QED) is 0.365. The number of aromatic nitrogens is 5. The van der Waals surface area contributed by atoms with E-state index in [1.54, 1.807) is 30.2 Å². The number of benzene rings is 1. The number of hydrogen-bond donors (Lipinski definition) is 2. The Balaban J connectivity index is 1.32. The molecule has 2 fully saturated rings. The summed E-state index contributed by atoms with van der Waals surface area (Å²) in [7, 11) is 1.76. The summed E-state index contributed by atoms with van der Waals surface area (Å²) >= 11 is 0. The molecule has 1 aromatic carbocycles. The number of amides is 1. The summed E-state index contributed by atoms with van der Waals surface area (Å²) in [6, 6.07) is 9.00. The van der Waals surface area contributed by atoms with Gasteiger partial charge in [0.1, 0.15) is 0 Å². The number of fused-ring (bicyclic) bond motifs is 1. The monoisotopic (exact) mass is 533 g/mol. The molecular weight excluding hydrogens is 501 g/mol. The summed E-state index contributed by atoms with van der Waals surface area (Å²) < 4.78 is 23.6. The highest BCUT2D eigenvalue weighted by atomic mass is 19.1. The molecule has 1 saturated carbocycles. The fraction of sp³-hybridized carbons (Fsp3) is 0.429. The molecule has 0 spiro atoms. The van der Waals surface area contributed by atoms with Crippen molar-refractivity contribution in [3.8, 4) is 11.3 Å². The Hall–Kier alpha value is -3.67. The number of morpholine rings is 1. The molecule has 1 amide bonds. The summed E-state index contributed by atoms with van der Waals surface area (Å²) in [6.07, 6.45) is 5.93. The van der Waals surface area contributed by atoms with Crippen molar-refractivity contribution < 1.29 is 19.0 Å². The summed E-state index contributed by atoms with van der Waals surface area (Å²) in [5, 5.41) is 17.1. The lowest BCUT2D eigenvalue weighted by Crippen LogP contribution is -2.35. The van der Waals surface area contributed by atoms with Crippen LogP contribution in [0.25, 0.3) is 22.3 Å². The maximum absolute atomic E-state index is 14.5. The number of carbonyl (C=O) groups is 1. The second-order valence-electron chi connectivity index (χ2n) is 10.4. The molecule has 6 rings (SSSR count). The predicted molar refractivity (Wildman–Crippen MR) is 144 cm³/mol. The van der Waals surface area contributed by atoms with Gasteiger partial charge in [-0.15, -0.1) is 0 Å². The SMILES string of the molecule is Cn1cc(-c2cc(C(=O)Nc3nc4cc(CN5CCOCC5)ccc4n3C3CCC(O)CC3)cc(F)n2)cn1. The fourth-order valence-electron chi connectivity index (χ4n) is 5.54. The smallest absolute Gasteiger partial charge is 0.258 e. The molecular formula is C28H32FN7O3. The van der Waals surface area contributed by atoms with Crippen molar-refractivity contribution in [3.05, 3.63) is 59.8 Å². The minimum Gasteiger partial charge on any atom is -0.393 e. The van der Waals surface area contributed by atoms with Crippen molar-refractivity contribution in [3.63, 3.8) is 0 Å². The van der Waals surface area contributed by atoms with E-state index in [1.807, 2.05) is 0 Å². The maximum Gasteiger partial charge on any atom is 0.258 e. The molecule has 11 heteroatoms. The zero-order valence-electron chi connectivity index (χ0n) is 21.9. The van der Waals surface area contributed by atoms with Crippen molar-refractivity contribution in [2.75, 3.05) is 31.6 Å². The predicted octanol–water partition coefficient (Wildman–Crippen LogP) is 3.53. The molecule has 0 unspecified atom stereocenters. The third-order valence-corrected chi connectivity index (χ3v) is 7.58. The molecule has 1 saturated heterocycles. The topological polar surface area (TPSA) is 110 Å². The molecule has 2 N–H and O–H groups in total. The molecule has 4 aromatic rings. The van der Waals surface area contributed by atoms with E-state index in [0.717, 1.165) is 68.4 Å². The van der Waals surface area contributed by atoms with Gasteiger partial charge in [-0.05, 0) is 49.4 Å². The first-order valence-corrected chi connectivity index (χ1v) is 13.4. The van der Waals surface area contributed by atoms with Gasteiger partial charge in [0.15, 0.2) is 0 Å². The molecule has 0 bridgehead atoms. The highest BCUT2D eigenvalue weighted by Crippen LogP contribution is 2.35. The number of rotatable bonds is 6. The van der Waals surface area contributed by atoms with E-state index in [0.29, 0.717) is 30.0 Å². The van der Waals surface area contributed by atoms with Gasteiger partial charge in [0.25, 0.3) is 5.91 Å². The summed E-state index contributed by atoms with van der Waals surface area (Å²) in [5.74, 6) is -0.800. The van der Waals surface area contributed by atoms with Crippen molar-refractivity contribution >= 4 is 22.9 Å². The lowest BCUT2D eigenvalue weighted by atomic mass is 9.93. The van der Waals surface area contributed by atoms with Crippen molar-refractivity contribution in [1.82, 2.24) is 29.2 Å². The largest absolute Gasteiger partial charge is 0.393 e. The van der Waals surface area contributed by atoms with Gasteiger partial charge >= 0.3 is 0 Å². The summed E-state index contributed by atoms with van der Waals surface area (Å²) in [4.78, 5) is 24.5. The average molecular weight is 534 g/mol. The number of hydrogen-bond acceptors (Lipinski definition) is 7. The molecule has 2 aliphatic rings. The van der Waals surface area contributed by atoms with E-state index in [1.165, 1.54) is 0 Å². The Morgan fingerprint density at radius 3 is 2.67 bits per heavy atom. The number of aliphatic hydroxyl groups is 1. The third-order valence-electron chi connectivity index (χ3n) is 7.58. The normalized spacial score (nSPS) is 20.4. The van der Waals surface area contributed by atoms with Gasteiger partial charge in [-0.3, -0.25) is 19.7 Å². The Bertz CT molecular complexity index is 1490. The number of nitrogens with zero attached hydrogens (tertiary/aromatic N) is 6. The van der Waals surface area contributed by atoms with E-state index >= 15 is 0 Å². The maximum atomic E-state index is 14.5. The number of aliphatic hydroxyl groups excluding tert-OH is 1. The molecule has 3 aromatic heterocycles. The van der Waals surface area contributed by atoms with Crippen LogP contribution in [0.15, 0.2) is 42.7 Å². The zero-order chi connectivity index (χ0) is 26.9. The number of imidazole rings is 1. The van der Waals surface area contributed by atoms with Gasteiger partial charge in [-0.25, -0.2) is 9.97 Å². The van der Waals surface area contributed by atoms with E-state index in [-0.39, 0.29) is 17.7 Å². The van der Waals surface area contributed by atoms with Gasteiger partial charge in [0, 0.05) is 56.1 Å². The van der Waals surface area contributed by atoms with Crippen molar-refractivity contribution in [2.45, 2.75) is 44.4 Å². The first kappa shape index (κ1) is 25.6. The standard InChI is InChI=1S/C28H32FN7O3/c1-34-17-20(15-30-34)23-13-19(14-26(29)31-23)27(38)33-28-32-24-12-18(16-35-8-10-39-11-9-35)2-7-25(24)36(28)21-3-5-22(37)6-4-21/h2,7,12-15,17,21-22,37H,3-6,8-11,16H2,1H3,(H,32,33,38). The van der Waals surface area contributed by atoms with E-state index in [2.05, 4.69) is 43.1 Å². The molecule has 1 aliphatic heterocycles. The van der Waals surface area contributed by atoms with E-state index in [4.69, 9.17) is 9.72 Å². The van der Waals surface area contributed by atoms with Crippen LogP contribution in [0.4, 0.5) is 10.3 Å². The lowest BCUT2D eigenvalue weighted by Gasteiger charge is -2.28. The first-order chi connectivity index (χ1) is 18.9. The van der Waals surface area contributed by atoms with E-state index < -0.39 is 11.9 Å². The second kappa shape index (κ2) is 10.8. The van der Waals surface area contributed by atoms with Crippen LogP contribution in [0, 0.1) is 5.95 Å².